The molecule has 1 aliphatic carbocycles. The van der Waals surface area contributed by atoms with Gasteiger partial charge in [-0.15, -0.1) is 0 Å². The summed E-state index contributed by atoms with van der Waals surface area (Å²) in [6.45, 7) is 2.16. The van der Waals surface area contributed by atoms with Gasteiger partial charge in [0.2, 0.25) is 0 Å². The third-order valence-electron chi connectivity index (χ3n) is 8.01. The highest BCUT2D eigenvalue weighted by molar-refractivity contribution is 5.86. The average Bonchev–Trinajstić information content (AvgIpc) is 3.27. The molecule has 1 aromatic heterocycles. The summed E-state index contributed by atoms with van der Waals surface area (Å²) in [5.74, 6) is -3.47. The molecule has 5 rings (SSSR count). The molecule has 192 valence electrons. The lowest BCUT2D eigenvalue weighted by Crippen LogP contribution is -2.33. The number of anilines is 1. The first-order valence-corrected chi connectivity index (χ1v) is 12.4. The van der Waals surface area contributed by atoms with Crippen molar-refractivity contribution >= 4 is 22.7 Å². The van der Waals surface area contributed by atoms with Gasteiger partial charge in [0.1, 0.15) is 17.7 Å². The Labute approximate surface area is 208 Å². The second-order valence-electron chi connectivity index (χ2n) is 10.0. The average molecular weight is 500 g/mol. The number of fused-ring (bicyclic) bond motifs is 3. The number of hydrogen-bond donors (Lipinski definition) is 2. The summed E-state index contributed by atoms with van der Waals surface area (Å²) < 4.78 is 36.4. The Morgan fingerprint density at radius 1 is 1.19 bits per heavy atom. The predicted molar refractivity (Wildman–Crippen MR) is 132 cm³/mol. The van der Waals surface area contributed by atoms with Crippen molar-refractivity contribution in [2.24, 2.45) is 5.92 Å². The molecule has 4 atom stereocenters. The van der Waals surface area contributed by atoms with E-state index < -0.39 is 29.6 Å². The van der Waals surface area contributed by atoms with Gasteiger partial charge in [-0.3, -0.25) is 4.79 Å². The maximum absolute atomic E-state index is 15.0. The lowest BCUT2D eigenvalue weighted by molar-refractivity contribution is -0.143. The van der Waals surface area contributed by atoms with Crippen LogP contribution in [-0.4, -0.2) is 45.9 Å². The third-order valence-corrected chi connectivity index (χ3v) is 8.01. The second kappa shape index (κ2) is 9.35. The summed E-state index contributed by atoms with van der Waals surface area (Å²) >= 11 is 0. The first-order chi connectivity index (χ1) is 17.2. The molecule has 2 N–H and O–H groups in total. The van der Waals surface area contributed by atoms with Crippen LogP contribution in [0.15, 0.2) is 24.3 Å². The van der Waals surface area contributed by atoms with E-state index in [0.717, 1.165) is 35.7 Å². The minimum Gasteiger partial charge on any atom is -0.496 e. The first-order valence-electron chi connectivity index (χ1n) is 12.4. The zero-order valence-corrected chi connectivity index (χ0v) is 20.7. The van der Waals surface area contributed by atoms with E-state index in [-0.39, 0.29) is 23.2 Å². The van der Waals surface area contributed by atoms with Gasteiger partial charge in [-0.1, -0.05) is 6.42 Å². The van der Waals surface area contributed by atoms with E-state index in [1.165, 1.54) is 13.2 Å². The first kappa shape index (κ1) is 24.5. The van der Waals surface area contributed by atoms with Crippen molar-refractivity contribution in [3.8, 4) is 5.75 Å². The number of hydrogen-bond acceptors (Lipinski definition) is 5. The number of ether oxygens (including phenoxy) is 1. The van der Waals surface area contributed by atoms with Gasteiger partial charge in [0, 0.05) is 30.4 Å². The number of carboxylic acids is 1. The van der Waals surface area contributed by atoms with Crippen LogP contribution in [0.3, 0.4) is 0 Å². The quantitative estimate of drug-likeness (QED) is 0.514. The normalized spacial score (nSPS) is 22.9. The highest BCUT2D eigenvalue weighted by Gasteiger charge is 2.35. The van der Waals surface area contributed by atoms with E-state index in [1.807, 2.05) is 23.7 Å². The third kappa shape index (κ3) is 3.89. The fraction of sp³-hybridized carbons (Fsp3) is 0.481. The maximum Gasteiger partial charge on any atom is 0.306 e. The number of benzene rings is 2. The number of imidazole rings is 1. The van der Waals surface area contributed by atoms with E-state index in [9.17, 15) is 19.4 Å². The minimum atomic E-state index is -1.61. The van der Waals surface area contributed by atoms with E-state index in [0.29, 0.717) is 37.2 Å². The number of halogens is 2. The molecular weight excluding hydrogens is 468 g/mol. The molecule has 1 saturated carbocycles. The zero-order chi connectivity index (χ0) is 25.7. The van der Waals surface area contributed by atoms with Crippen molar-refractivity contribution in [3.63, 3.8) is 0 Å². The van der Waals surface area contributed by atoms with Crippen molar-refractivity contribution < 1.29 is 28.5 Å². The molecule has 7 nitrogen and oxygen atoms in total. The predicted octanol–water partition coefficient (Wildman–Crippen LogP) is 4.99. The van der Waals surface area contributed by atoms with Crippen molar-refractivity contribution in [2.45, 2.75) is 63.6 Å². The highest BCUT2D eigenvalue weighted by atomic mass is 19.2. The van der Waals surface area contributed by atoms with E-state index >= 15 is 4.39 Å². The Kier molecular flexibility index (Phi) is 6.36. The Hall–Kier alpha value is -3.20. The van der Waals surface area contributed by atoms with Gasteiger partial charge in [-0.2, -0.15) is 0 Å². The van der Waals surface area contributed by atoms with Crippen LogP contribution in [0.5, 0.6) is 5.75 Å². The zero-order valence-electron chi connectivity index (χ0n) is 20.7. The fourth-order valence-corrected chi connectivity index (χ4v) is 5.90. The molecule has 0 saturated heterocycles. The Morgan fingerprint density at radius 3 is 2.69 bits per heavy atom. The van der Waals surface area contributed by atoms with Crippen molar-refractivity contribution in [1.82, 2.24) is 9.55 Å². The molecule has 9 heteroatoms. The van der Waals surface area contributed by atoms with Crippen molar-refractivity contribution in [2.75, 3.05) is 19.1 Å². The van der Waals surface area contributed by atoms with Gasteiger partial charge >= 0.3 is 5.97 Å². The second-order valence-corrected chi connectivity index (χ2v) is 10.0. The summed E-state index contributed by atoms with van der Waals surface area (Å²) in [5.41, 5.74) is 3.23. The van der Waals surface area contributed by atoms with Gasteiger partial charge in [0.05, 0.1) is 29.6 Å². The molecule has 1 fully saturated rings. The SMILES string of the molecule is COc1ccc(F)c(F)c1C(O)c1nc2c3c(ccc2n1C1CCCC(C(=O)O)C1)N(C)C(C)CC3. The van der Waals surface area contributed by atoms with Crippen molar-refractivity contribution in [3.05, 3.63) is 52.9 Å². The van der Waals surface area contributed by atoms with Crippen LogP contribution in [0.25, 0.3) is 11.0 Å². The van der Waals surface area contributed by atoms with Crippen LogP contribution in [0, 0.1) is 17.6 Å². The number of aryl methyl sites for hydroxylation is 1. The van der Waals surface area contributed by atoms with Gasteiger partial charge in [-0.25, -0.2) is 13.8 Å². The number of aliphatic hydroxyl groups excluding tert-OH is 1. The molecule has 4 unspecified atom stereocenters. The van der Waals surface area contributed by atoms with E-state index in [2.05, 4.69) is 11.8 Å². The van der Waals surface area contributed by atoms with E-state index in [1.54, 1.807) is 0 Å². The number of nitrogens with zero attached hydrogens (tertiary/aromatic N) is 3. The molecule has 2 aromatic carbocycles. The fourth-order valence-electron chi connectivity index (χ4n) is 5.90. The number of carbonyl (C=O) groups is 1. The van der Waals surface area contributed by atoms with Crippen molar-refractivity contribution in [1.29, 1.82) is 0 Å². The van der Waals surface area contributed by atoms with Gasteiger partial charge in [-0.05, 0) is 63.3 Å². The molecule has 0 spiro atoms. The van der Waals surface area contributed by atoms with Crippen LogP contribution in [0.2, 0.25) is 0 Å². The van der Waals surface area contributed by atoms with Crippen LogP contribution >= 0.6 is 0 Å². The number of rotatable bonds is 5. The molecule has 0 radical (unpaired) electrons. The maximum atomic E-state index is 15.0. The highest BCUT2D eigenvalue weighted by Crippen LogP contribution is 2.43. The summed E-state index contributed by atoms with van der Waals surface area (Å²) in [6, 6.07) is 6.32. The van der Waals surface area contributed by atoms with E-state index in [4.69, 9.17) is 9.72 Å². The van der Waals surface area contributed by atoms with Crippen LogP contribution in [0.4, 0.5) is 14.5 Å². The Bertz CT molecular complexity index is 1320. The van der Waals surface area contributed by atoms with Crippen LogP contribution in [-0.2, 0) is 11.2 Å². The molecule has 2 aliphatic rings. The summed E-state index contributed by atoms with van der Waals surface area (Å²) in [4.78, 5) is 18.9. The Morgan fingerprint density at radius 2 is 1.97 bits per heavy atom. The smallest absolute Gasteiger partial charge is 0.306 e. The number of aliphatic carboxylic acids is 1. The molecule has 2 heterocycles. The molecule has 1 aliphatic heterocycles. The number of aliphatic hydroxyl groups is 1. The van der Waals surface area contributed by atoms with Gasteiger partial charge in [0.15, 0.2) is 11.6 Å². The Balaban J connectivity index is 1.73. The van der Waals surface area contributed by atoms with Gasteiger partial charge in [0.25, 0.3) is 0 Å². The molecule has 36 heavy (non-hydrogen) atoms. The number of methoxy groups -OCH3 is 1. The molecule has 3 aromatic rings. The molecule has 0 amide bonds. The number of carboxylic acid groups (broad SMARTS) is 1. The minimum absolute atomic E-state index is 0.0163. The summed E-state index contributed by atoms with van der Waals surface area (Å²) in [6.07, 6.45) is 2.49. The molecular formula is C27H31F2N3O4. The molecule has 0 bridgehead atoms. The van der Waals surface area contributed by atoms with Gasteiger partial charge < -0.3 is 24.4 Å². The lowest BCUT2D eigenvalue weighted by Gasteiger charge is -2.34. The monoisotopic (exact) mass is 499 g/mol. The summed E-state index contributed by atoms with van der Waals surface area (Å²) in [7, 11) is 3.37. The summed E-state index contributed by atoms with van der Waals surface area (Å²) in [5, 5.41) is 21.2. The largest absolute Gasteiger partial charge is 0.496 e. The number of aromatic nitrogens is 2. The lowest BCUT2D eigenvalue weighted by atomic mass is 9.85. The standard InChI is InChI=1S/C27H31F2N3O4/c1-14-7-8-17-19(31(14)2)10-11-20-24(17)30-26(32(20)16-6-4-5-15(13-16)27(34)35)25(33)22-21(36-3)12-9-18(28)23(22)29/h9-12,14-16,25,33H,4-8,13H2,1-3H3,(H,34,35). The van der Waals surface area contributed by atoms with Crippen LogP contribution in [0.1, 0.15) is 68.1 Å². The van der Waals surface area contributed by atoms with Crippen LogP contribution < -0.4 is 9.64 Å². The topological polar surface area (TPSA) is 87.8 Å².